The molecule has 1 saturated heterocycles. The molecule has 24 heavy (non-hydrogen) atoms. The summed E-state index contributed by atoms with van der Waals surface area (Å²) in [6.07, 6.45) is 0.474. The van der Waals surface area contributed by atoms with E-state index in [0.717, 1.165) is 22.2 Å². The highest BCUT2D eigenvalue weighted by Crippen LogP contribution is 2.22. The Morgan fingerprint density at radius 2 is 2.04 bits per heavy atom. The average Bonchev–Trinajstić information content (AvgIpc) is 3.02. The number of amides is 4. The molecular weight excluding hydrogens is 308 g/mol. The van der Waals surface area contributed by atoms with Crippen LogP contribution in [-0.4, -0.2) is 28.9 Å². The standard InChI is InChI=1S/C17H20N4O3/c1-9-10(2)19-13-4-3-11(7-12(9)13)8-18-15(22)6-5-14-16(23)21-17(24)20-14/h3-4,7,14,19H,5-6,8H2,1-2H3,(H,18,22)(H2,20,21,23,24)/t14-/m0/s1. The molecule has 1 atom stereocenters. The normalized spacial score (nSPS) is 17.0. The van der Waals surface area contributed by atoms with Gasteiger partial charge < -0.3 is 15.6 Å². The predicted molar refractivity (Wildman–Crippen MR) is 89.3 cm³/mol. The second-order valence-corrected chi connectivity index (χ2v) is 6.09. The fraction of sp³-hybridized carbons (Fsp3) is 0.353. The minimum atomic E-state index is -0.620. The van der Waals surface area contributed by atoms with E-state index in [1.807, 2.05) is 19.1 Å². The summed E-state index contributed by atoms with van der Waals surface area (Å²) in [7, 11) is 0. The van der Waals surface area contributed by atoms with Crippen LogP contribution in [0.4, 0.5) is 4.79 Å². The van der Waals surface area contributed by atoms with Crippen LogP contribution in [0.5, 0.6) is 0 Å². The molecule has 7 heteroatoms. The number of benzene rings is 1. The number of nitrogens with one attached hydrogen (secondary N) is 4. The van der Waals surface area contributed by atoms with E-state index >= 15 is 0 Å². The molecule has 0 radical (unpaired) electrons. The van der Waals surface area contributed by atoms with E-state index < -0.39 is 12.1 Å². The molecule has 126 valence electrons. The zero-order chi connectivity index (χ0) is 17.3. The quantitative estimate of drug-likeness (QED) is 0.624. The minimum absolute atomic E-state index is 0.147. The second kappa shape index (κ2) is 6.35. The summed E-state index contributed by atoms with van der Waals surface area (Å²) >= 11 is 0. The van der Waals surface area contributed by atoms with Crippen molar-refractivity contribution in [2.45, 2.75) is 39.3 Å². The van der Waals surface area contributed by atoms with Crippen LogP contribution in [0.3, 0.4) is 0 Å². The van der Waals surface area contributed by atoms with Crippen molar-refractivity contribution in [3.8, 4) is 0 Å². The lowest BCUT2D eigenvalue weighted by Gasteiger charge is -2.08. The zero-order valence-electron chi connectivity index (χ0n) is 13.7. The first-order valence-corrected chi connectivity index (χ1v) is 7.90. The molecule has 3 rings (SSSR count). The Bertz CT molecular complexity index is 825. The van der Waals surface area contributed by atoms with Crippen LogP contribution in [0.25, 0.3) is 10.9 Å². The van der Waals surface area contributed by atoms with Gasteiger partial charge in [-0.2, -0.15) is 0 Å². The summed E-state index contributed by atoms with van der Waals surface area (Å²) in [6, 6.07) is 4.93. The Morgan fingerprint density at radius 1 is 1.25 bits per heavy atom. The van der Waals surface area contributed by atoms with Crippen molar-refractivity contribution in [1.82, 2.24) is 20.9 Å². The number of rotatable bonds is 5. The van der Waals surface area contributed by atoms with E-state index in [2.05, 4.69) is 33.9 Å². The van der Waals surface area contributed by atoms with Gasteiger partial charge >= 0.3 is 6.03 Å². The van der Waals surface area contributed by atoms with Crippen molar-refractivity contribution < 1.29 is 14.4 Å². The van der Waals surface area contributed by atoms with Crippen LogP contribution in [0, 0.1) is 13.8 Å². The number of hydrogen-bond acceptors (Lipinski definition) is 3. The van der Waals surface area contributed by atoms with E-state index in [9.17, 15) is 14.4 Å². The van der Waals surface area contributed by atoms with Crippen molar-refractivity contribution in [3.05, 3.63) is 35.0 Å². The number of carbonyl (C=O) groups is 3. The van der Waals surface area contributed by atoms with Gasteiger partial charge in [0.05, 0.1) is 0 Å². The van der Waals surface area contributed by atoms with Crippen molar-refractivity contribution >= 4 is 28.7 Å². The fourth-order valence-electron chi connectivity index (χ4n) is 2.84. The summed E-state index contributed by atoms with van der Waals surface area (Å²) in [5.41, 5.74) is 4.46. The van der Waals surface area contributed by atoms with Crippen LogP contribution in [0.1, 0.15) is 29.7 Å². The lowest BCUT2D eigenvalue weighted by molar-refractivity contribution is -0.122. The Kier molecular flexibility index (Phi) is 4.24. The molecule has 0 bridgehead atoms. The summed E-state index contributed by atoms with van der Waals surface area (Å²) in [6.45, 7) is 4.54. The van der Waals surface area contributed by atoms with Crippen molar-refractivity contribution in [1.29, 1.82) is 0 Å². The molecule has 0 spiro atoms. The topological polar surface area (TPSA) is 103 Å². The molecule has 4 N–H and O–H groups in total. The van der Waals surface area contributed by atoms with Crippen LogP contribution in [0.15, 0.2) is 18.2 Å². The highest BCUT2D eigenvalue weighted by molar-refractivity contribution is 6.04. The van der Waals surface area contributed by atoms with Gasteiger partial charge in [-0.1, -0.05) is 6.07 Å². The first-order valence-electron chi connectivity index (χ1n) is 7.90. The molecule has 1 aliphatic heterocycles. The maximum atomic E-state index is 11.9. The Morgan fingerprint density at radius 3 is 2.75 bits per heavy atom. The Balaban J connectivity index is 1.53. The third-order valence-corrected chi connectivity index (χ3v) is 4.38. The Labute approximate surface area is 139 Å². The van der Waals surface area contributed by atoms with Crippen molar-refractivity contribution in [3.63, 3.8) is 0 Å². The maximum absolute atomic E-state index is 11.9. The summed E-state index contributed by atoms with van der Waals surface area (Å²) in [5, 5.41) is 8.63. The highest BCUT2D eigenvalue weighted by Gasteiger charge is 2.29. The van der Waals surface area contributed by atoms with E-state index in [4.69, 9.17) is 0 Å². The third kappa shape index (κ3) is 3.24. The summed E-state index contributed by atoms with van der Waals surface area (Å²) < 4.78 is 0. The highest BCUT2D eigenvalue weighted by atomic mass is 16.2. The largest absolute Gasteiger partial charge is 0.358 e. The average molecular weight is 328 g/mol. The second-order valence-electron chi connectivity index (χ2n) is 6.09. The zero-order valence-corrected chi connectivity index (χ0v) is 13.7. The van der Waals surface area contributed by atoms with Gasteiger partial charge in [-0.3, -0.25) is 14.9 Å². The molecule has 0 aliphatic carbocycles. The van der Waals surface area contributed by atoms with Gasteiger partial charge in [-0.15, -0.1) is 0 Å². The minimum Gasteiger partial charge on any atom is -0.358 e. The first kappa shape index (κ1) is 16.0. The van der Waals surface area contributed by atoms with Gasteiger partial charge in [0.25, 0.3) is 5.91 Å². The lowest BCUT2D eigenvalue weighted by Crippen LogP contribution is -2.31. The van der Waals surface area contributed by atoms with Crippen LogP contribution < -0.4 is 16.0 Å². The van der Waals surface area contributed by atoms with Gasteiger partial charge in [-0.05, 0) is 43.5 Å². The molecule has 1 fully saturated rings. The molecule has 0 unspecified atom stereocenters. The van der Waals surface area contributed by atoms with Gasteiger partial charge in [-0.25, -0.2) is 4.79 Å². The number of aromatic amines is 1. The van der Waals surface area contributed by atoms with Crippen molar-refractivity contribution in [2.24, 2.45) is 0 Å². The van der Waals surface area contributed by atoms with Gasteiger partial charge in [0.2, 0.25) is 5.91 Å². The van der Waals surface area contributed by atoms with Gasteiger partial charge in [0.1, 0.15) is 6.04 Å². The molecule has 1 aliphatic rings. The number of H-pyrrole nitrogens is 1. The monoisotopic (exact) mass is 328 g/mol. The molecule has 1 aromatic carbocycles. The number of aromatic nitrogens is 1. The first-order chi connectivity index (χ1) is 11.4. The molecule has 1 aromatic heterocycles. The molecule has 4 amide bonds. The molecule has 2 aromatic rings. The number of carbonyl (C=O) groups excluding carboxylic acids is 3. The van der Waals surface area contributed by atoms with Gasteiger partial charge in [0, 0.05) is 29.6 Å². The van der Waals surface area contributed by atoms with E-state index in [1.54, 1.807) is 0 Å². The van der Waals surface area contributed by atoms with Crippen LogP contribution in [-0.2, 0) is 16.1 Å². The number of imide groups is 1. The number of urea groups is 1. The fourth-order valence-corrected chi connectivity index (χ4v) is 2.84. The van der Waals surface area contributed by atoms with Crippen LogP contribution in [0.2, 0.25) is 0 Å². The predicted octanol–water partition coefficient (Wildman–Crippen LogP) is 1.39. The summed E-state index contributed by atoms with van der Waals surface area (Å²) in [4.78, 5) is 37.7. The summed E-state index contributed by atoms with van der Waals surface area (Å²) in [5.74, 6) is -0.525. The SMILES string of the molecule is Cc1[nH]c2ccc(CNC(=O)CC[C@@H]3NC(=O)NC3=O)cc2c1C. The van der Waals surface area contributed by atoms with Crippen LogP contribution >= 0.6 is 0 Å². The van der Waals surface area contributed by atoms with Gasteiger partial charge in [0.15, 0.2) is 0 Å². The van der Waals surface area contributed by atoms with E-state index in [-0.39, 0.29) is 18.2 Å². The van der Waals surface area contributed by atoms with Crippen molar-refractivity contribution in [2.75, 3.05) is 0 Å². The Hall–Kier alpha value is -2.83. The number of hydrogen-bond donors (Lipinski definition) is 4. The van der Waals surface area contributed by atoms with E-state index in [0.29, 0.717) is 13.0 Å². The smallest absolute Gasteiger partial charge is 0.322 e. The lowest BCUT2D eigenvalue weighted by atomic mass is 10.1. The third-order valence-electron chi connectivity index (χ3n) is 4.38. The number of aryl methyl sites for hydroxylation is 2. The maximum Gasteiger partial charge on any atom is 0.322 e. The molecule has 2 heterocycles. The molecular formula is C17H20N4O3. The molecule has 0 saturated carbocycles. The van der Waals surface area contributed by atoms with E-state index in [1.165, 1.54) is 5.56 Å². The number of fused-ring (bicyclic) bond motifs is 1. The molecule has 7 nitrogen and oxygen atoms in total.